The summed E-state index contributed by atoms with van der Waals surface area (Å²) in [4.78, 5) is 11.3. The molecule has 2 heterocycles. The molecule has 1 saturated heterocycles. The van der Waals surface area contributed by atoms with Gasteiger partial charge < -0.3 is 4.90 Å². The summed E-state index contributed by atoms with van der Waals surface area (Å²) in [6, 6.07) is 1.87. The van der Waals surface area contributed by atoms with Crippen molar-refractivity contribution in [2.75, 3.05) is 18.0 Å². The SMILES string of the molecule is CC(C)(C)c1cc(Cl)nc(N2CCCCC2)n1. The first-order chi connectivity index (χ1) is 7.97. The Balaban J connectivity index is 2.31. The Bertz CT molecular complexity index is 392. The molecule has 1 aliphatic rings. The van der Waals surface area contributed by atoms with E-state index < -0.39 is 0 Å². The maximum atomic E-state index is 6.10. The van der Waals surface area contributed by atoms with Gasteiger partial charge in [0.25, 0.3) is 0 Å². The van der Waals surface area contributed by atoms with E-state index in [4.69, 9.17) is 11.6 Å². The lowest BCUT2D eigenvalue weighted by molar-refractivity contribution is 0.547. The largest absolute Gasteiger partial charge is 0.341 e. The maximum absolute atomic E-state index is 6.10. The standard InChI is InChI=1S/C13H20ClN3/c1-13(2,3)10-9-11(14)16-12(15-10)17-7-5-4-6-8-17/h9H,4-8H2,1-3H3. The molecule has 94 valence electrons. The summed E-state index contributed by atoms with van der Waals surface area (Å²) < 4.78 is 0. The third-order valence-corrected chi connectivity index (χ3v) is 3.28. The summed E-state index contributed by atoms with van der Waals surface area (Å²) in [6.45, 7) is 8.52. The number of halogens is 1. The summed E-state index contributed by atoms with van der Waals surface area (Å²) in [5.41, 5.74) is 1.02. The minimum absolute atomic E-state index is 0.0110. The highest BCUT2D eigenvalue weighted by molar-refractivity contribution is 6.29. The van der Waals surface area contributed by atoms with Crippen LogP contribution in [0.5, 0.6) is 0 Å². The van der Waals surface area contributed by atoms with E-state index in [0.717, 1.165) is 24.7 Å². The van der Waals surface area contributed by atoms with Gasteiger partial charge in [0.05, 0.1) is 5.69 Å². The van der Waals surface area contributed by atoms with Crippen molar-refractivity contribution in [1.82, 2.24) is 9.97 Å². The number of hydrogen-bond acceptors (Lipinski definition) is 3. The van der Waals surface area contributed by atoms with Crippen LogP contribution in [0.1, 0.15) is 45.7 Å². The molecule has 17 heavy (non-hydrogen) atoms. The molecule has 1 aliphatic heterocycles. The van der Waals surface area contributed by atoms with Gasteiger partial charge in [0, 0.05) is 18.5 Å². The Kier molecular flexibility index (Phi) is 3.57. The van der Waals surface area contributed by atoms with Crippen molar-refractivity contribution >= 4 is 17.5 Å². The Morgan fingerprint density at radius 1 is 1.12 bits per heavy atom. The fourth-order valence-corrected chi connectivity index (χ4v) is 2.20. The molecule has 0 aromatic carbocycles. The summed E-state index contributed by atoms with van der Waals surface area (Å²) in [6.07, 6.45) is 3.75. The normalized spacial score (nSPS) is 17.3. The van der Waals surface area contributed by atoms with Crippen LogP contribution in [0.2, 0.25) is 5.15 Å². The highest BCUT2D eigenvalue weighted by Gasteiger charge is 2.20. The molecule has 3 nitrogen and oxygen atoms in total. The molecule has 0 radical (unpaired) electrons. The van der Waals surface area contributed by atoms with Crippen LogP contribution < -0.4 is 4.90 Å². The Hall–Kier alpha value is -0.830. The Morgan fingerprint density at radius 2 is 1.76 bits per heavy atom. The molecule has 0 N–H and O–H groups in total. The second-order valence-electron chi connectivity index (χ2n) is 5.67. The fraction of sp³-hybridized carbons (Fsp3) is 0.692. The monoisotopic (exact) mass is 253 g/mol. The molecule has 0 amide bonds. The van der Waals surface area contributed by atoms with E-state index in [2.05, 4.69) is 35.6 Å². The molecule has 1 aromatic rings. The van der Waals surface area contributed by atoms with Crippen molar-refractivity contribution in [3.05, 3.63) is 16.9 Å². The van der Waals surface area contributed by atoms with Crippen LogP contribution in [0.15, 0.2) is 6.07 Å². The Labute approximate surface area is 108 Å². The van der Waals surface area contributed by atoms with Crippen molar-refractivity contribution in [2.24, 2.45) is 0 Å². The van der Waals surface area contributed by atoms with E-state index in [1.165, 1.54) is 19.3 Å². The average Bonchev–Trinajstić information content (AvgIpc) is 2.28. The van der Waals surface area contributed by atoms with E-state index >= 15 is 0 Å². The van der Waals surface area contributed by atoms with Gasteiger partial charge in [0.1, 0.15) is 5.15 Å². The highest BCUT2D eigenvalue weighted by atomic mass is 35.5. The summed E-state index contributed by atoms with van der Waals surface area (Å²) in [5.74, 6) is 0.794. The topological polar surface area (TPSA) is 29.0 Å². The van der Waals surface area contributed by atoms with Gasteiger partial charge in [-0.15, -0.1) is 0 Å². The quantitative estimate of drug-likeness (QED) is 0.718. The summed E-state index contributed by atoms with van der Waals surface area (Å²) in [7, 11) is 0. The maximum Gasteiger partial charge on any atom is 0.227 e. The van der Waals surface area contributed by atoms with Gasteiger partial charge in [-0.3, -0.25) is 0 Å². The van der Waals surface area contributed by atoms with Crippen LogP contribution in [0, 0.1) is 0 Å². The first-order valence-electron chi connectivity index (χ1n) is 6.27. The van der Waals surface area contributed by atoms with Gasteiger partial charge in [0.2, 0.25) is 5.95 Å². The lowest BCUT2D eigenvalue weighted by atomic mass is 9.92. The molecule has 4 heteroatoms. The van der Waals surface area contributed by atoms with E-state index in [-0.39, 0.29) is 5.41 Å². The fourth-order valence-electron chi connectivity index (χ4n) is 2.03. The lowest BCUT2D eigenvalue weighted by Gasteiger charge is -2.28. The number of hydrogen-bond donors (Lipinski definition) is 0. The zero-order valence-electron chi connectivity index (χ0n) is 10.8. The highest BCUT2D eigenvalue weighted by Crippen LogP contribution is 2.25. The van der Waals surface area contributed by atoms with Gasteiger partial charge in [0.15, 0.2) is 0 Å². The van der Waals surface area contributed by atoms with Gasteiger partial charge in [-0.25, -0.2) is 9.97 Å². The molecule has 1 fully saturated rings. The van der Waals surface area contributed by atoms with E-state index in [1.54, 1.807) is 0 Å². The van der Waals surface area contributed by atoms with Crippen molar-refractivity contribution in [2.45, 2.75) is 45.4 Å². The molecular formula is C13H20ClN3. The van der Waals surface area contributed by atoms with E-state index in [0.29, 0.717) is 5.15 Å². The first kappa shape index (κ1) is 12.6. The van der Waals surface area contributed by atoms with Crippen LogP contribution >= 0.6 is 11.6 Å². The van der Waals surface area contributed by atoms with E-state index in [9.17, 15) is 0 Å². The molecule has 0 spiro atoms. The van der Waals surface area contributed by atoms with Gasteiger partial charge in [-0.2, -0.15) is 0 Å². The zero-order valence-corrected chi connectivity index (χ0v) is 11.6. The molecular weight excluding hydrogens is 234 g/mol. The summed E-state index contributed by atoms with van der Waals surface area (Å²) in [5, 5.41) is 0.547. The first-order valence-corrected chi connectivity index (χ1v) is 6.64. The van der Waals surface area contributed by atoms with Crippen LogP contribution in [0.25, 0.3) is 0 Å². The van der Waals surface area contributed by atoms with Crippen molar-refractivity contribution < 1.29 is 0 Å². The lowest BCUT2D eigenvalue weighted by Crippen LogP contribution is -2.31. The third-order valence-electron chi connectivity index (χ3n) is 3.09. The van der Waals surface area contributed by atoms with Crippen LogP contribution in [0.4, 0.5) is 5.95 Å². The summed E-state index contributed by atoms with van der Waals surface area (Å²) >= 11 is 6.10. The predicted molar refractivity (Wildman–Crippen MR) is 71.8 cm³/mol. The minimum atomic E-state index is 0.0110. The zero-order chi connectivity index (χ0) is 12.5. The molecule has 1 aromatic heterocycles. The third kappa shape index (κ3) is 3.09. The number of rotatable bonds is 1. The van der Waals surface area contributed by atoms with E-state index in [1.807, 2.05) is 6.07 Å². The van der Waals surface area contributed by atoms with Gasteiger partial charge in [-0.05, 0) is 25.3 Å². The minimum Gasteiger partial charge on any atom is -0.341 e. The second kappa shape index (κ2) is 4.81. The molecule has 0 atom stereocenters. The number of aromatic nitrogens is 2. The predicted octanol–water partition coefficient (Wildman–Crippen LogP) is 3.42. The van der Waals surface area contributed by atoms with Crippen molar-refractivity contribution in [1.29, 1.82) is 0 Å². The molecule has 0 bridgehead atoms. The van der Waals surface area contributed by atoms with Crippen LogP contribution in [-0.2, 0) is 5.41 Å². The molecule has 0 aliphatic carbocycles. The molecule has 0 saturated carbocycles. The van der Waals surface area contributed by atoms with Gasteiger partial charge >= 0.3 is 0 Å². The van der Waals surface area contributed by atoms with Crippen LogP contribution in [0.3, 0.4) is 0 Å². The average molecular weight is 254 g/mol. The molecule has 0 unspecified atom stereocenters. The van der Waals surface area contributed by atoms with Crippen LogP contribution in [-0.4, -0.2) is 23.1 Å². The smallest absolute Gasteiger partial charge is 0.227 e. The number of nitrogens with zero attached hydrogens (tertiary/aromatic N) is 3. The Morgan fingerprint density at radius 3 is 2.35 bits per heavy atom. The molecule has 2 rings (SSSR count). The van der Waals surface area contributed by atoms with Gasteiger partial charge in [-0.1, -0.05) is 32.4 Å². The number of anilines is 1. The van der Waals surface area contributed by atoms with Crippen molar-refractivity contribution in [3.63, 3.8) is 0 Å². The van der Waals surface area contributed by atoms with Crippen molar-refractivity contribution in [3.8, 4) is 0 Å². The second-order valence-corrected chi connectivity index (χ2v) is 6.06. The number of piperidine rings is 1.